The van der Waals surface area contributed by atoms with E-state index in [0.717, 1.165) is 0 Å². The Kier molecular flexibility index (Phi) is 2.20. The Morgan fingerprint density at radius 2 is 2.20 bits per heavy atom. The lowest BCUT2D eigenvalue weighted by Gasteiger charge is -2.20. The molecule has 86 valence electrons. The first-order chi connectivity index (χ1) is 6.81. The molecule has 1 aliphatic carbocycles. The van der Waals surface area contributed by atoms with Gasteiger partial charge >= 0.3 is 6.09 Å². The number of hydrogen-bond acceptors (Lipinski definition) is 4. The van der Waals surface area contributed by atoms with E-state index in [-0.39, 0.29) is 12.1 Å². The fourth-order valence-electron chi connectivity index (χ4n) is 1.59. The molecule has 1 heterocycles. The molecule has 1 aliphatic heterocycles. The number of carbonyl (C=O) groups is 1. The van der Waals surface area contributed by atoms with Gasteiger partial charge in [0.15, 0.2) is 0 Å². The first kappa shape index (κ1) is 10.7. The molecule has 1 amide bonds. The fraction of sp³-hybridized carbons (Fsp3) is 0.900. The molecule has 2 aliphatic rings. The highest BCUT2D eigenvalue weighted by Gasteiger charge is 2.64. The molecule has 0 aromatic rings. The van der Waals surface area contributed by atoms with Gasteiger partial charge in [0.2, 0.25) is 0 Å². The molecule has 0 bridgehead atoms. The maximum atomic E-state index is 11.4. The molecule has 2 N–H and O–H groups in total. The number of ether oxygens (including phenoxy) is 2. The number of alkyl carbamates (subject to hydrolysis) is 1. The monoisotopic (exact) mass is 215 g/mol. The molecule has 1 saturated carbocycles. The first-order valence-corrected chi connectivity index (χ1v) is 5.15. The molecule has 2 rings (SSSR count). The zero-order valence-corrected chi connectivity index (χ0v) is 9.24. The summed E-state index contributed by atoms with van der Waals surface area (Å²) >= 11 is 0. The third-order valence-electron chi connectivity index (χ3n) is 2.56. The van der Waals surface area contributed by atoms with E-state index >= 15 is 0 Å². The zero-order valence-electron chi connectivity index (χ0n) is 9.24. The SMILES string of the molecule is CC(C)(C)OC(=O)NC1CC1(O)C1CO1. The minimum Gasteiger partial charge on any atom is -0.444 e. The van der Waals surface area contributed by atoms with Crippen molar-refractivity contribution in [3.63, 3.8) is 0 Å². The van der Waals surface area contributed by atoms with Crippen molar-refractivity contribution in [2.24, 2.45) is 0 Å². The molecule has 5 heteroatoms. The molecule has 0 spiro atoms. The summed E-state index contributed by atoms with van der Waals surface area (Å²) in [4.78, 5) is 11.4. The van der Waals surface area contributed by atoms with Gasteiger partial charge in [0.1, 0.15) is 17.3 Å². The van der Waals surface area contributed by atoms with Gasteiger partial charge in [-0.05, 0) is 20.8 Å². The predicted octanol–water partition coefficient (Wildman–Crippen LogP) is 0.413. The summed E-state index contributed by atoms with van der Waals surface area (Å²) in [6, 6.07) is -0.222. The van der Waals surface area contributed by atoms with Crippen molar-refractivity contribution < 1.29 is 19.4 Å². The van der Waals surface area contributed by atoms with E-state index in [0.29, 0.717) is 13.0 Å². The second-order valence-electron chi connectivity index (χ2n) is 5.22. The average Bonchev–Trinajstić information content (AvgIpc) is 2.82. The van der Waals surface area contributed by atoms with E-state index in [9.17, 15) is 9.90 Å². The summed E-state index contributed by atoms with van der Waals surface area (Å²) in [6.07, 6.45) is -0.0294. The number of amides is 1. The highest BCUT2D eigenvalue weighted by Crippen LogP contribution is 2.45. The van der Waals surface area contributed by atoms with Gasteiger partial charge in [0.25, 0.3) is 0 Å². The van der Waals surface area contributed by atoms with Gasteiger partial charge in [0, 0.05) is 6.42 Å². The molecule has 0 aromatic carbocycles. The van der Waals surface area contributed by atoms with E-state index < -0.39 is 17.3 Å². The van der Waals surface area contributed by atoms with E-state index in [4.69, 9.17) is 9.47 Å². The summed E-state index contributed by atoms with van der Waals surface area (Å²) < 4.78 is 10.1. The number of nitrogens with one attached hydrogen (secondary N) is 1. The number of rotatable bonds is 2. The number of aliphatic hydroxyl groups is 1. The minimum atomic E-state index is -0.850. The molecule has 0 aromatic heterocycles. The molecule has 1 saturated heterocycles. The van der Waals surface area contributed by atoms with Crippen LogP contribution in [0.1, 0.15) is 27.2 Å². The molecule has 5 nitrogen and oxygen atoms in total. The molecular formula is C10H17NO4. The summed E-state index contributed by atoms with van der Waals surface area (Å²) in [7, 11) is 0. The third kappa shape index (κ3) is 2.41. The normalized spacial score (nSPS) is 38.4. The van der Waals surface area contributed by atoms with Crippen LogP contribution in [0.4, 0.5) is 4.79 Å². The lowest BCUT2D eigenvalue weighted by atomic mass is 10.2. The Hall–Kier alpha value is -0.810. The number of epoxide rings is 1. The van der Waals surface area contributed by atoms with Gasteiger partial charge in [-0.3, -0.25) is 0 Å². The topological polar surface area (TPSA) is 71.1 Å². The quantitative estimate of drug-likeness (QED) is 0.655. The van der Waals surface area contributed by atoms with Crippen LogP contribution >= 0.6 is 0 Å². The lowest BCUT2D eigenvalue weighted by molar-refractivity contribution is 0.0471. The molecule has 3 unspecified atom stereocenters. The molecule has 3 atom stereocenters. The zero-order chi connectivity index (χ0) is 11.3. The highest BCUT2D eigenvalue weighted by molar-refractivity contribution is 5.69. The van der Waals surface area contributed by atoms with Crippen molar-refractivity contribution in [2.45, 2.75) is 50.5 Å². The highest BCUT2D eigenvalue weighted by atomic mass is 16.6. The number of carbonyl (C=O) groups excluding carboxylic acids is 1. The Morgan fingerprint density at radius 3 is 2.67 bits per heavy atom. The van der Waals surface area contributed by atoms with Crippen molar-refractivity contribution >= 4 is 6.09 Å². The van der Waals surface area contributed by atoms with Crippen LogP contribution in [0.3, 0.4) is 0 Å². The van der Waals surface area contributed by atoms with Gasteiger partial charge in [-0.25, -0.2) is 4.79 Å². The van der Waals surface area contributed by atoms with Gasteiger partial charge in [-0.1, -0.05) is 0 Å². The summed E-state index contributed by atoms with van der Waals surface area (Å²) in [5.74, 6) is 0. The molecule has 0 radical (unpaired) electrons. The predicted molar refractivity (Wildman–Crippen MR) is 52.5 cm³/mol. The van der Waals surface area contributed by atoms with Crippen molar-refractivity contribution in [1.29, 1.82) is 0 Å². The van der Waals surface area contributed by atoms with Crippen LogP contribution in [0.15, 0.2) is 0 Å². The summed E-state index contributed by atoms with van der Waals surface area (Å²) in [6.45, 7) is 5.99. The summed E-state index contributed by atoms with van der Waals surface area (Å²) in [5, 5.41) is 12.5. The molecular weight excluding hydrogens is 198 g/mol. The van der Waals surface area contributed by atoms with E-state index in [1.165, 1.54) is 0 Å². The van der Waals surface area contributed by atoms with Crippen molar-refractivity contribution in [1.82, 2.24) is 5.32 Å². The average molecular weight is 215 g/mol. The Bertz CT molecular complexity index is 282. The first-order valence-electron chi connectivity index (χ1n) is 5.15. The summed E-state index contributed by atoms with van der Waals surface area (Å²) in [5.41, 5.74) is -1.36. The Labute approximate surface area is 88.7 Å². The fourth-order valence-corrected chi connectivity index (χ4v) is 1.59. The maximum absolute atomic E-state index is 11.4. The van der Waals surface area contributed by atoms with Crippen molar-refractivity contribution in [3.8, 4) is 0 Å². The van der Waals surface area contributed by atoms with Crippen LogP contribution in [-0.4, -0.2) is 41.2 Å². The van der Waals surface area contributed by atoms with Crippen LogP contribution in [0.2, 0.25) is 0 Å². The largest absolute Gasteiger partial charge is 0.444 e. The second-order valence-corrected chi connectivity index (χ2v) is 5.22. The molecule has 2 fully saturated rings. The lowest BCUT2D eigenvalue weighted by Crippen LogP contribution is -2.38. The van der Waals surface area contributed by atoms with Gasteiger partial charge in [-0.2, -0.15) is 0 Å². The van der Waals surface area contributed by atoms with Crippen molar-refractivity contribution in [3.05, 3.63) is 0 Å². The number of hydrogen-bond donors (Lipinski definition) is 2. The van der Waals surface area contributed by atoms with Crippen LogP contribution < -0.4 is 5.32 Å². The van der Waals surface area contributed by atoms with Gasteiger partial charge < -0.3 is 19.9 Å². The van der Waals surface area contributed by atoms with Crippen LogP contribution in [-0.2, 0) is 9.47 Å². The van der Waals surface area contributed by atoms with Gasteiger partial charge in [0.05, 0.1) is 12.6 Å². The molecule has 15 heavy (non-hydrogen) atoms. The van der Waals surface area contributed by atoms with Crippen molar-refractivity contribution in [2.75, 3.05) is 6.61 Å². The van der Waals surface area contributed by atoms with E-state index in [1.54, 1.807) is 20.8 Å². The van der Waals surface area contributed by atoms with Crippen LogP contribution in [0.5, 0.6) is 0 Å². The standard InChI is InChI=1S/C10H17NO4/c1-9(2,3)15-8(12)11-6-4-10(6,13)7-5-14-7/h6-7,13H,4-5H2,1-3H3,(H,11,12). The van der Waals surface area contributed by atoms with Crippen LogP contribution in [0, 0.1) is 0 Å². The maximum Gasteiger partial charge on any atom is 0.407 e. The smallest absolute Gasteiger partial charge is 0.407 e. The van der Waals surface area contributed by atoms with Crippen LogP contribution in [0.25, 0.3) is 0 Å². The third-order valence-corrected chi connectivity index (χ3v) is 2.56. The van der Waals surface area contributed by atoms with E-state index in [2.05, 4.69) is 5.32 Å². The second kappa shape index (κ2) is 3.09. The minimum absolute atomic E-state index is 0.0996. The van der Waals surface area contributed by atoms with E-state index in [1.807, 2.05) is 0 Å². The Morgan fingerprint density at radius 1 is 1.60 bits per heavy atom. The Balaban J connectivity index is 1.77. The van der Waals surface area contributed by atoms with Gasteiger partial charge in [-0.15, -0.1) is 0 Å².